The molecule has 0 unspecified atom stereocenters. The second-order valence-electron chi connectivity index (χ2n) is 4.32. The molecule has 0 radical (unpaired) electrons. The quantitative estimate of drug-likeness (QED) is 0.783. The number of pyridine rings is 1. The molecule has 0 bridgehead atoms. The van der Waals surface area contributed by atoms with E-state index in [1.54, 1.807) is 0 Å². The van der Waals surface area contributed by atoms with E-state index in [0.717, 1.165) is 31.2 Å². The molecule has 0 saturated carbocycles. The van der Waals surface area contributed by atoms with E-state index in [-0.39, 0.29) is 0 Å². The molecule has 1 N–H and O–H groups in total. The van der Waals surface area contributed by atoms with Crippen LogP contribution in [0.3, 0.4) is 0 Å². The van der Waals surface area contributed by atoms with E-state index in [4.69, 9.17) is 5.26 Å². The van der Waals surface area contributed by atoms with Crippen LogP contribution in [-0.4, -0.2) is 30.7 Å². The van der Waals surface area contributed by atoms with Crippen molar-refractivity contribution in [2.24, 2.45) is 5.92 Å². The van der Waals surface area contributed by atoms with Gasteiger partial charge in [0.05, 0.1) is 17.4 Å². The van der Waals surface area contributed by atoms with E-state index < -0.39 is 0 Å². The van der Waals surface area contributed by atoms with Crippen molar-refractivity contribution >= 4 is 21.6 Å². The van der Waals surface area contributed by atoms with Crippen molar-refractivity contribution in [2.45, 2.75) is 6.04 Å². The van der Waals surface area contributed by atoms with Crippen LogP contribution in [0, 0.1) is 17.2 Å². The number of nitriles is 1. The second kappa shape index (κ2) is 3.72. The fourth-order valence-corrected chi connectivity index (χ4v) is 2.66. The number of fused-ring (bicyclic) bond motifs is 1. The van der Waals surface area contributed by atoms with Crippen LogP contribution in [0.4, 0.5) is 5.69 Å². The molecule has 0 aromatic carbocycles. The number of hydrogen-bond donors (Lipinski definition) is 1. The molecule has 2 aliphatic heterocycles. The first-order valence-electron chi connectivity index (χ1n) is 5.32. The van der Waals surface area contributed by atoms with Gasteiger partial charge in [0.25, 0.3) is 0 Å². The molecular formula is C11H11BrN4. The number of halogens is 1. The third kappa shape index (κ3) is 1.49. The van der Waals surface area contributed by atoms with Gasteiger partial charge >= 0.3 is 0 Å². The molecule has 1 aromatic rings. The fourth-order valence-electron chi connectivity index (χ4n) is 2.35. The minimum atomic E-state index is 0.602. The SMILES string of the molecule is N#Cc1cc(N2C[C@@H]3CN[C@@H]3C2)cnc1Br. The molecule has 82 valence electrons. The lowest BCUT2D eigenvalue weighted by atomic mass is 9.96. The fraction of sp³-hybridized carbons (Fsp3) is 0.455. The van der Waals surface area contributed by atoms with Crippen LogP contribution < -0.4 is 10.2 Å². The van der Waals surface area contributed by atoms with Gasteiger partial charge in [-0.3, -0.25) is 0 Å². The lowest BCUT2D eigenvalue weighted by Gasteiger charge is -2.29. The Bertz CT molecular complexity index is 456. The summed E-state index contributed by atoms with van der Waals surface area (Å²) in [7, 11) is 0. The van der Waals surface area contributed by atoms with Crippen molar-refractivity contribution in [1.29, 1.82) is 5.26 Å². The summed E-state index contributed by atoms with van der Waals surface area (Å²) in [6, 6.07) is 4.68. The van der Waals surface area contributed by atoms with Crippen LogP contribution in [0.5, 0.6) is 0 Å². The molecule has 5 heteroatoms. The molecule has 3 heterocycles. The van der Waals surface area contributed by atoms with Gasteiger partial charge in [0.2, 0.25) is 0 Å². The Morgan fingerprint density at radius 1 is 1.56 bits per heavy atom. The van der Waals surface area contributed by atoms with Crippen LogP contribution in [0.15, 0.2) is 16.9 Å². The minimum absolute atomic E-state index is 0.602. The van der Waals surface area contributed by atoms with E-state index in [9.17, 15) is 0 Å². The molecule has 16 heavy (non-hydrogen) atoms. The van der Waals surface area contributed by atoms with Gasteiger partial charge in [-0.15, -0.1) is 0 Å². The third-order valence-corrected chi connectivity index (χ3v) is 4.03. The zero-order chi connectivity index (χ0) is 11.1. The Balaban J connectivity index is 1.87. The number of nitrogens with one attached hydrogen (secondary N) is 1. The molecule has 1 aromatic heterocycles. The van der Waals surface area contributed by atoms with E-state index >= 15 is 0 Å². The highest BCUT2D eigenvalue weighted by Gasteiger charge is 2.39. The standard InChI is InChI=1S/C11H11BrN4/c12-11-7(2-13)1-9(4-15-11)16-5-8-3-14-10(8)6-16/h1,4,8,10,14H,3,5-6H2/t8-,10+/m0/s1. The molecule has 2 aliphatic rings. The Morgan fingerprint density at radius 3 is 3.00 bits per heavy atom. The van der Waals surface area contributed by atoms with Crippen LogP contribution in [0.25, 0.3) is 0 Å². The molecular weight excluding hydrogens is 268 g/mol. The van der Waals surface area contributed by atoms with Gasteiger partial charge in [0, 0.05) is 31.6 Å². The van der Waals surface area contributed by atoms with Crippen LogP contribution >= 0.6 is 15.9 Å². The Morgan fingerprint density at radius 2 is 2.44 bits per heavy atom. The third-order valence-electron chi connectivity index (χ3n) is 3.39. The zero-order valence-electron chi connectivity index (χ0n) is 8.65. The number of aromatic nitrogens is 1. The monoisotopic (exact) mass is 278 g/mol. The van der Waals surface area contributed by atoms with Gasteiger partial charge < -0.3 is 10.2 Å². The topological polar surface area (TPSA) is 52.0 Å². The largest absolute Gasteiger partial charge is 0.368 e. The highest BCUT2D eigenvalue weighted by molar-refractivity contribution is 9.10. The number of rotatable bonds is 1. The number of hydrogen-bond acceptors (Lipinski definition) is 4. The predicted molar refractivity (Wildman–Crippen MR) is 64.1 cm³/mol. The summed E-state index contributed by atoms with van der Waals surface area (Å²) in [4.78, 5) is 6.50. The van der Waals surface area contributed by atoms with E-state index in [2.05, 4.69) is 37.2 Å². The lowest BCUT2D eigenvalue weighted by Crippen LogP contribution is -2.51. The average molecular weight is 279 g/mol. The van der Waals surface area contributed by atoms with E-state index in [1.807, 2.05) is 12.3 Å². The summed E-state index contributed by atoms with van der Waals surface area (Å²) in [5.41, 5.74) is 1.65. The predicted octanol–water partition coefficient (Wildman–Crippen LogP) is 1.12. The summed E-state index contributed by atoms with van der Waals surface area (Å²) in [6.45, 7) is 3.22. The first-order valence-corrected chi connectivity index (χ1v) is 6.11. The highest BCUT2D eigenvalue weighted by Crippen LogP contribution is 2.29. The van der Waals surface area contributed by atoms with Crippen molar-refractivity contribution in [2.75, 3.05) is 24.5 Å². The lowest BCUT2D eigenvalue weighted by molar-refractivity contribution is 0.297. The van der Waals surface area contributed by atoms with Gasteiger partial charge in [-0.2, -0.15) is 5.26 Å². The Kier molecular flexibility index (Phi) is 2.34. The van der Waals surface area contributed by atoms with Crippen LogP contribution in [0.2, 0.25) is 0 Å². The van der Waals surface area contributed by atoms with Gasteiger partial charge in [0.1, 0.15) is 10.7 Å². The minimum Gasteiger partial charge on any atom is -0.368 e. The van der Waals surface area contributed by atoms with Crippen molar-refractivity contribution in [1.82, 2.24) is 10.3 Å². The maximum atomic E-state index is 8.95. The van der Waals surface area contributed by atoms with Crippen molar-refractivity contribution in [3.05, 3.63) is 22.4 Å². The summed E-state index contributed by atoms with van der Waals surface area (Å²) in [6.07, 6.45) is 1.83. The van der Waals surface area contributed by atoms with E-state index in [1.165, 1.54) is 0 Å². The average Bonchev–Trinajstić information content (AvgIpc) is 2.56. The molecule has 0 spiro atoms. The smallest absolute Gasteiger partial charge is 0.123 e. The maximum absolute atomic E-state index is 8.95. The van der Waals surface area contributed by atoms with Crippen LogP contribution in [-0.2, 0) is 0 Å². The van der Waals surface area contributed by atoms with E-state index in [0.29, 0.717) is 16.2 Å². The number of anilines is 1. The summed E-state index contributed by atoms with van der Waals surface area (Å²) >= 11 is 3.27. The van der Waals surface area contributed by atoms with Crippen LogP contribution in [0.1, 0.15) is 5.56 Å². The Labute approximate surface area is 102 Å². The summed E-state index contributed by atoms with van der Waals surface area (Å²) in [5.74, 6) is 0.772. The molecule has 2 fully saturated rings. The van der Waals surface area contributed by atoms with Gasteiger partial charge in [-0.05, 0) is 22.0 Å². The van der Waals surface area contributed by atoms with Crippen molar-refractivity contribution < 1.29 is 0 Å². The molecule has 0 aliphatic carbocycles. The molecule has 4 nitrogen and oxygen atoms in total. The summed E-state index contributed by atoms with van der Waals surface area (Å²) < 4.78 is 0.624. The normalized spacial score (nSPS) is 27.1. The first-order chi connectivity index (χ1) is 7.78. The molecule has 2 atom stereocenters. The highest BCUT2D eigenvalue weighted by atomic mass is 79.9. The maximum Gasteiger partial charge on any atom is 0.123 e. The second-order valence-corrected chi connectivity index (χ2v) is 5.07. The van der Waals surface area contributed by atoms with Gasteiger partial charge in [-0.25, -0.2) is 4.98 Å². The molecule has 3 rings (SSSR count). The Hall–Kier alpha value is -1.12. The van der Waals surface area contributed by atoms with Crippen molar-refractivity contribution in [3.8, 4) is 6.07 Å². The molecule has 2 saturated heterocycles. The first kappa shape index (κ1) is 10.1. The number of nitrogens with zero attached hydrogens (tertiary/aromatic N) is 3. The van der Waals surface area contributed by atoms with Gasteiger partial charge in [0.15, 0.2) is 0 Å². The van der Waals surface area contributed by atoms with Crippen molar-refractivity contribution in [3.63, 3.8) is 0 Å². The van der Waals surface area contributed by atoms with Gasteiger partial charge in [-0.1, -0.05) is 0 Å². The molecule has 0 amide bonds. The summed E-state index contributed by atoms with van der Waals surface area (Å²) in [5, 5.41) is 12.4. The zero-order valence-corrected chi connectivity index (χ0v) is 10.2.